The van der Waals surface area contributed by atoms with Crippen LogP contribution in [0.3, 0.4) is 0 Å². The van der Waals surface area contributed by atoms with Gasteiger partial charge in [0.1, 0.15) is 0 Å². The van der Waals surface area contributed by atoms with Crippen LogP contribution in [-0.2, 0) is 0 Å². The van der Waals surface area contributed by atoms with Gasteiger partial charge in [0, 0.05) is 5.88 Å². The van der Waals surface area contributed by atoms with Gasteiger partial charge in [0.25, 0.3) is 0 Å². The molecule has 0 aromatic carbocycles. The maximum Gasteiger partial charge on any atom is 0.0479 e. The second-order valence-electron chi connectivity index (χ2n) is 1.54. The standard InChI is InChI=1S/C5H11NS/c1-4-7-5-6(2)3/h4H,1,5H2,2-3H3. The molecule has 0 saturated carbocycles. The molecule has 0 unspecified atom stereocenters. The Balaban J connectivity index is 2.81. The van der Waals surface area contributed by atoms with E-state index in [2.05, 4.69) is 11.5 Å². The van der Waals surface area contributed by atoms with Crippen molar-refractivity contribution in [2.24, 2.45) is 0 Å². The monoisotopic (exact) mass is 117 g/mol. The molecule has 0 saturated heterocycles. The lowest BCUT2D eigenvalue weighted by atomic mass is 11.0. The summed E-state index contributed by atoms with van der Waals surface area (Å²) in [7, 11) is 4.08. The third kappa shape index (κ3) is 6.05. The molecule has 0 radical (unpaired) electrons. The summed E-state index contributed by atoms with van der Waals surface area (Å²) in [5, 5.41) is 1.85. The number of hydrogen-bond acceptors (Lipinski definition) is 2. The summed E-state index contributed by atoms with van der Waals surface area (Å²) in [6.07, 6.45) is 0. The Labute approximate surface area is 49.4 Å². The van der Waals surface area contributed by atoms with Crippen molar-refractivity contribution in [2.75, 3.05) is 20.0 Å². The predicted octanol–water partition coefficient (Wildman–Crippen LogP) is 1.38. The highest BCUT2D eigenvalue weighted by molar-refractivity contribution is 8.02. The third-order valence-corrected chi connectivity index (χ3v) is 1.35. The molecule has 0 aromatic heterocycles. The van der Waals surface area contributed by atoms with E-state index in [9.17, 15) is 0 Å². The summed E-state index contributed by atoms with van der Waals surface area (Å²) in [5.41, 5.74) is 0. The van der Waals surface area contributed by atoms with E-state index in [1.54, 1.807) is 11.8 Å². The average Bonchev–Trinajstić information content (AvgIpc) is 1.61. The largest absolute Gasteiger partial charge is 0.300 e. The zero-order valence-corrected chi connectivity index (χ0v) is 5.66. The van der Waals surface area contributed by atoms with Crippen LogP contribution in [0.4, 0.5) is 0 Å². The number of hydrogen-bond donors (Lipinski definition) is 0. The van der Waals surface area contributed by atoms with Crippen LogP contribution < -0.4 is 0 Å². The van der Waals surface area contributed by atoms with E-state index in [0.29, 0.717) is 0 Å². The maximum absolute atomic E-state index is 3.57. The number of nitrogens with zero attached hydrogens (tertiary/aromatic N) is 1. The normalized spacial score (nSPS) is 9.57. The van der Waals surface area contributed by atoms with E-state index in [4.69, 9.17) is 0 Å². The first-order chi connectivity index (χ1) is 3.27. The molecule has 42 valence electrons. The van der Waals surface area contributed by atoms with Crippen molar-refractivity contribution >= 4 is 11.8 Å². The molecule has 0 heterocycles. The van der Waals surface area contributed by atoms with Crippen molar-refractivity contribution in [1.82, 2.24) is 4.90 Å². The summed E-state index contributed by atoms with van der Waals surface area (Å²) in [6.45, 7) is 3.57. The van der Waals surface area contributed by atoms with Crippen LogP contribution in [0.2, 0.25) is 0 Å². The minimum atomic E-state index is 1.03. The molecule has 2 heteroatoms. The molecule has 0 rings (SSSR count). The van der Waals surface area contributed by atoms with Crippen molar-refractivity contribution in [1.29, 1.82) is 0 Å². The van der Waals surface area contributed by atoms with E-state index < -0.39 is 0 Å². The molecular formula is C5H11NS. The van der Waals surface area contributed by atoms with Crippen LogP contribution in [0.25, 0.3) is 0 Å². The SMILES string of the molecule is C=CSCN(C)C. The fraction of sp³-hybridized carbons (Fsp3) is 0.600. The molecule has 0 aliphatic rings. The first kappa shape index (κ1) is 7.05. The highest BCUT2D eigenvalue weighted by Crippen LogP contribution is 1.98. The van der Waals surface area contributed by atoms with Gasteiger partial charge in [-0.2, -0.15) is 0 Å². The Kier molecular flexibility index (Phi) is 4.25. The van der Waals surface area contributed by atoms with Gasteiger partial charge in [0.15, 0.2) is 0 Å². The molecule has 7 heavy (non-hydrogen) atoms. The summed E-state index contributed by atoms with van der Waals surface area (Å²) >= 11 is 1.71. The van der Waals surface area contributed by atoms with E-state index in [1.807, 2.05) is 19.5 Å². The first-order valence-electron chi connectivity index (χ1n) is 2.14. The Morgan fingerprint density at radius 1 is 1.71 bits per heavy atom. The molecule has 0 fully saturated rings. The van der Waals surface area contributed by atoms with Crippen molar-refractivity contribution < 1.29 is 0 Å². The zero-order chi connectivity index (χ0) is 5.70. The smallest absolute Gasteiger partial charge is 0.0479 e. The Morgan fingerprint density at radius 3 is 2.43 bits per heavy atom. The topological polar surface area (TPSA) is 3.24 Å². The van der Waals surface area contributed by atoms with E-state index in [1.165, 1.54) is 0 Å². The molecule has 1 nitrogen and oxygen atoms in total. The van der Waals surface area contributed by atoms with Gasteiger partial charge in [-0.15, -0.1) is 11.8 Å². The quantitative estimate of drug-likeness (QED) is 0.514. The minimum absolute atomic E-state index is 1.03. The lowest BCUT2D eigenvalue weighted by Gasteiger charge is -2.03. The van der Waals surface area contributed by atoms with Crippen LogP contribution in [0.1, 0.15) is 0 Å². The second-order valence-corrected chi connectivity index (χ2v) is 2.47. The fourth-order valence-corrected chi connectivity index (χ4v) is 0.605. The molecule has 0 aliphatic heterocycles. The van der Waals surface area contributed by atoms with Crippen molar-refractivity contribution in [3.8, 4) is 0 Å². The Bertz CT molecular complexity index is 52.0. The van der Waals surface area contributed by atoms with Crippen LogP contribution in [0.15, 0.2) is 12.0 Å². The predicted molar refractivity (Wildman–Crippen MR) is 36.3 cm³/mol. The van der Waals surface area contributed by atoms with E-state index in [0.717, 1.165) is 5.88 Å². The number of rotatable bonds is 3. The van der Waals surface area contributed by atoms with Crippen LogP contribution in [-0.4, -0.2) is 24.9 Å². The molecule has 0 aliphatic carbocycles. The summed E-state index contributed by atoms with van der Waals surface area (Å²) in [4.78, 5) is 2.10. The Morgan fingerprint density at radius 2 is 2.29 bits per heavy atom. The summed E-state index contributed by atoms with van der Waals surface area (Å²) in [5.74, 6) is 1.03. The van der Waals surface area contributed by atoms with Gasteiger partial charge >= 0.3 is 0 Å². The third-order valence-electron chi connectivity index (χ3n) is 0.451. The van der Waals surface area contributed by atoms with Gasteiger partial charge in [-0.3, -0.25) is 4.90 Å². The van der Waals surface area contributed by atoms with Gasteiger partial charge in [-0.25, -0.2) is 0 Å². The molecule has 0 amide bonds. The van der Waals surface area contributed by atoms with Crippen LogP contribution >= 0.6 is 11.8 Å². The molecule has 0 bridgehead atoms. The second kappa shape index (κ2) is 4.22. The summed E-state index contributed by atoms with van der Waals surface area (Å²) in [6, 6.07) is 0. The molecule has 0 aromatic rings. The van der Waals surface area contributed by atoms with Crippen LogP contribution in [0, 0.1) is 0 Å². The van der Waals surface area contributed by atoms with Gasteiger partial charge in [-0.1, -0.05) is 6.58 Å². The lowest BCUT2D eigenvalue weighted by molar-refractivity contribution is 0.486. The van der Waals surface area contributed by atoms with Crippen molar-refractivity contribution in [2.45, 2.75) is 0 Å². The average molecular weight is 117 g/mol. The van der Waals surface area contributed by atoms with Gasteiger partial charge in [-0.05, 0) is 19.5 Å². The highest BCUT2D eigenvalue weighted by atomic mass is 32.2. The van der Waals surface area contributed by atoms with E-state index in [-0.39, 0.29) is 0 Å². The molecule has 0 spiro atoms. The molecule has 0 N–H and O–H groups in total. The summed E-state index contributed by atoms with van der Waals surface area (Å²) < 4.78 is 0. The lowest BCUT2D eigenvalue weighted by Crippen LogP contribution is -2.08. The highest BCUT2D eigenvalue weighted by Gasteiger charge is 1.81. The fourth-order valence-electron chi connectivity index (χ4n) is 0.202. The maximum atomic E-state index is 3.57. The van der Waals surface area contributed by atoms with Crippen molar-refractivity contribution in [3.63, 3.8) is 0 Å². The minimum Gasteiger partial charge on any atom is -0.300 e. The van der Waals surface area contributed by atoms with Crippen molar-refractivity contribution in [3.05, 3.63) is 12.0 Å². The molecular weight excluding hydrogens is 106 g/mol. The first-order valence-corrected chi connectivity index (χ1v) is 3.19. The Hall–Kier alpha value is 0.0500. The van der Waals surface area contributed by atoms with Crippen LogP contribution in [0.5, 0.6) is 0 Å². The van der Waals surface area contributed by atoms with E-state index >= 15 is 0 Å². The number of thioether (sulfide) groups is 1. The molecule has 0 atom stereocenters. The van der Waals surface area contributed by atoms with Gasteiger partial charge < -0.3 is 0 Å². The zero-order valence-electron chi connectivity index (χ0n) is 4.85. The van der Waals surface area contributed by atoms with Gasteiger partial charge in [0.2, 0.25) is 0 Å². The van der Waals surface area contributed by atoms with Gasteiger partial charge in [0.05, 0.1) is 0 Å².